The molecule has 2 rings (SSSR count). The SMILES string of the molecule is O=S1(=O)C=CC=C1/C=C/[S+]([O-])Cc1ccc(F)cc1. The Balaban J connectivity index is 1.99. The maximum Gasteiger partial charge on any atom is 0.199 e. The summed E-state index contributed by atoms with van der Waals surface area (Å²) >= 11 is -1.34. The van der Waals surface area contributed by atoms with Crippen molar-refractivity contribution in [3.8, 4) is 0 Å². The Kier molecular flexibility index (Phi) is 4.24. The molecule has 0 N–H and O–H groups in total. The van der Waals surface area contributed by atoms with E-state index in [-0.39, 0.29) is 16.5 Å². The average Bonchev–Trinajstić information content (AvgIpc) is 2.69. The van der Waals surface area contributed by atoms with Crippen molar-refractivity contribution in [2.75, 3.05) is 0 Å². The van der Waals surface area contributed by atoms with E-state index in [2.05, 4.69) is 0 Å². The number of hydrogen-bond acceptors (Lipinski definition) is 3. The van der Waals surface area contributed by atoms with Crippen LogP contribution in [0.2, 0.25) is 0 Å². The standard InChI is InChI=1S/C13H11FO3S2/c14-12-5-3-11(4-6-12)10-18(15)8-7-13-2-1-9-19(13,16)17/h1-9H,10H2/b8-7+. The second-order valence-electron chi connectivity index (χ2n) is 3.90. The molecule has 1 aliphatic heterocycles. The highest BCUT2D eigenvalue weighted by atomic mass is 32.2. The van der Waals surface area contributed by atoms with Crippen molar-refractivity contribution in [2.45, 2.75) is 5.75 Å². The number of rotatable bonds is 4. The number of hydrogen-bond donors (Lipinski definition) is 0. The van der Waals surface area contributed by atoms with Gasteiger partial charge in [0.05, 0.1) is 4.91 Å². The Morgan fingerprint density at radius 3 is 2.53 bits per heavy atom. The third kappa shape index (κ3) is 3.79. The molecule has 0 bridgehead atoms. The molecule has 1 atom stereocenters. The lowest BCUT2D eigenvalue weighted by molar-refractivity contribution is 0.602. The summed E-state index contributed by atoms with van der Waals surface area (Å²) < 4.78 is 47.3. The van der Waals surface area contributed by atoms with Gasteiger partial charge in [-0.3, -0.25) is 0 Å². The monoisotopic (exact) mass is 298 g/mol. The molecule has 3 nitrogen and oxygen atoms in total. The predicted molar refractivity (Wildman–Crippen MR) is 73.5 cm³/mol. The molecular formula is C13H11FO3S2. The van der Waals surface area contributed by atoms with Crippen LogP contribution in [0.3, 0.4) is 0 Å². The number of halogens is 1. The summed E-state index contributed by atoms with van der Waals surface area (Å²) in [5.74, 6) is -0.129. The van der Waals surface area contributed by atoms with Crippen molar-refractivity contribution in [3.05, 3.63) is 69.6 Å². The summed E-state index contributed by atoms with van der Waals surface area (Å²) in [5.41, 5.74) is 0.728. The van der Waals surface area contributed by atoms with Gasteiger partial charge in [-0.05, 0) is 35.5 Å². The number of allylic oxidation sites excluding steroid dienone is 3. The summed E-state index contributed by atoms with van der Waals surface area (Å²) in [6.07, 6.45) is 4.20. The van der Waals surface area contributed by atoms with Crippen molar-refractivity contribution < 1.29 is 17.4 Å². The fourth-order valence-electron chi connectivity index (χ4n) is 1.50. The molecule has 0 spiro atoms. The van der Waals surface area contributed by atoms with Crippen LogP contribution in [0.25, 0.3) is 0 Å². The van der Waals surface area contributed by atoms with Crippen LogP contribution in [0.15, 0.2) is 58.2 Å². The van der Waals surface area contributed by atoms with Crippen LogP contribution in [0.5, 0.6) is 0 Å². The van der Waals surface area contributed by atoms with Crippen molar-refractivity contribution in [3.63, 3.8) is 0 Å². The second-order valence-corrected chi connectivity index (χ2v) is 7.05. The smallest absolute Gasteiger partial charge is 0.199 e. The van der Waals surface area contributed by atoms with Crippen molar-refractivity contribution in [2.24, 2.45) is 0 Å². The molecular weight excluding hydrogens is 287 g/mol. The van der Waals surface area contributed by atoms with E-state index in [1.165, 1.54) is 35.8 Å². The summed E-state index contributed by atoms with van der Waals surface area (Å²) in [6, 6.07) is 5.69. The third-order valence-corrected chi connectivity index (χ3v) is 4.96. The van der Waals surface area contributed by atoms with E-state index in [1.807, 2.05) is 0 Å². The average molecular weight is 298 g/mol. The molecule has 0 saturated heterocycles. The van der Waals surface area contributed by atoms with Crippen molar-refractivity contribution in [1.29, 1.82) is 0 Å². The first-order valence-electron chi connectivity index (χ1n) is 5.41. The van der Waals surface area contributed by atoms with Crippen LogP contribution in [0, 0.1) is 5.82 Å². The highest BCUT2D eigenvalue weighted by Gasteiger charge is 2.16. The minimum absolute atomic E-state index is 0.125. The molecule has 0 aliphatic carbocycles. The Hall–Kier alpha value is -1.37. The van der Waals surface area contributed by atoms with Gasteiger partial charge in [0.15, 0.2) is 9.84 Å². The maximum absolute atomic E-state index is 12.7. The highest BCUT2D eigenvalue weighted by molar-refractivity contribution is 7.98. The quantitative estimate of drug-likeness (QED) is 0.802. The van der Waals surface area contributed by atoms with E-state index in [1.54, 1.807) is 12.1 Å². The lowest BCUT2D eigenvalue weighted by Gasteiger charge is -2.05. The largest absolute Gasteiger partial charge is 0.612 e. The Morgan fingerprint density at radius 1 is 1.26 bits per heavy atom. The molecule has 0 aromatic heterocycles. The summed E-state index contributed by atoms with van der Waals surface area (Å²) in [7, 11) is -3.35. The van der Waals surface area contributed by atoms with Gasteiger partial charge in [0, 0.05) is 17.0 Å². The van der Waals surface area contributed by atoms with Gasteiger partial charge >= 0.3 is 0 Å². The Bertz CT molecular complexity index is 643. The minimum atomic E-state index is -3.35. The van der Waals surface area contributed by atoms with Crippen LogP contribution < -0.4 is 0 Å². The van der Waals surface area contributed by atoms with Crippen LogP contribution in [-0.4, -0.2) is 13.0 Å². The van der Waals surface area contributed by atoms with Gasteiger partial charge in [-0.25, -0.2) is 12.8 Å². The molecule has 0 amide bonds. The molecule has 0 radical (unpaired) electrons. The van der Waals surface area contributed by atoms with Gasteiger partial charge in [-0.15, -0.1) is 0 Å². The fourth-order valence-corrected chi connectivity index (χ4v) is 3.47. The van der Waals surface area contributed by atoms with Gasteiger partial charge < -0.3 is 4.55 Å². The summed E-state index contributed by atoms with van der Waals surface area (Å²) in [4.78, 5) is 0.125. The lowest BCUT2D eigenvalue weighted by Crippen LogP contribution is -2.01. The molecule has 1 heterocycles. The van der Waals surface area contributed by atoms with E-state index < -0.39 is 21.0 Å². The van der Waals surface area contributed by atoms with Gasteiger partial charge in [0.1, 0.15) is 17.0 Å². The number of benzene rings is 1. The first-order valence-corrected chi connectivity index (χ1v) is 8.33. The Morgan fingerprint density at radius 2 is 1.95 bits per heavy atom. The zero-order valence-electron chi connectivity index (χ0n) is 9.82. The van der Waals surface area contributed by atoms with Crippen LogP contribution in [0.4, 0.5) is 4.39 Å². The number of sulfone groups is 1. The first-order chi connectivity index (χ1) is 8.97. The van der Waals surface area contributed by atoms with Crippen LogP contribution in [-0.2, 0) is 26.8 Å². The zero-order valence-corrected chi connectivity index (χ0v) is 11.5. The zero-order chi connectivity index (χ0) is 13.9. The van der Waals surface area contributed by atoms with E-state index in [0.717, 1.165) is 11.0 Å². The van der Waals surface area contributed by atoms with E-state index in [0.29, 0.717) is 0 Å². The van der Waals surface area contributed by atoms with Gasteiger partial charge in [-0.1, -0.05) is 12.1 Å². The minimum Gasteiger partial charge on any atom is -0.612 e. The van der Waals surface area contributed by atoms with E-state index in [4.69, 9.17) is 0 Å². The summed E-state index contributed by atoms with van der Waals surface area (Å²) in [6.45, 7) is 0. The van der Waals surface area contributed by atoms with E-state index in [9.17, 15) is 17.4 Å². The molecule has 1 aromatic carbocycles. The molecule has 1 aromatic rings. The second kappa shape index (κ2) is 5.73. The molecule has 6 heteroatoms. The molecule has 19 heavy (non-hydrogen) atoms. The maximum atomic E-state index is 12.7. The van der Waals surface area contributed by atoms with E-state index >= 15 is 0 Å². The predicted octanol–water partition coefficient (Wildman–Crippen LogP) is 2.41. The van der Waals surface area contributed by atoms with Gasteiger partial charge in [0.25, 0.3) is 0 Å². The fraction of sp³-hybridized carbons (Fsp3) is 0.0769. The normalized spacial score (nSPS) is 18.7. The molecule has 100 valence electrons. The topological polar surface area (TPSA) is 57.2 Å². The molecule has 1 aliphatic rings. The van der Waals surface area contributed by atoms with Gasteiger partial charge in [-0.2, -0.15) is 0 Å². The Labute approximate surface area is 114 Å². The molecule has 0 saturated carbocycles. The molecule has 1 unspecified atom stereocenters. The van der Waals surface area contributed by atoms with Crippen molar-refractivity contribution >= 4 is 21.0 Å². The van der Waals surface area contributed by atoms with Crippen LogP contribution in [0.1, 0.15) is 5.56 Å². The van der Waals surface area contributed by atoms with Crippen LogP contribution >= 0.6 is 0 Å². The first kappa shape index (κ1) is 14.0. The lowest BCUT2D eigenvalue weighted by atomic mass is 10.2. The highest BCUT2D eigenvalue weighted by Crippen LogP contribution is 2.18. The summed E-state index contributed by atoms with van der Waals surface area (Å²) in [5, 5.41) is 2.43. The van der Waals surface area contributed by atoms with Crippen molar-refractivity contribution in [1.82, 2.24) is 0 Å². The molecule has 0 fully saturated rings. The van der Waals surface area contributed by atoms with Gasteiger partial charge in [0.2, 0.25) is 0 Å². The third-order valence-electron chi connectivity index (χ3n) is 2.45.